The highest BCUT2D eigenvalue weighted by atomic mass is 16.3. The molecule has 0 spiro atoms. The first-order chi connectivity index (χ1) is 16.5. The van der Waals surface area contributed by atoms with Gasteiger partial charge in [-0.25, -0.2) is 0 Å². The molecule has 2 saturated carbocycles. The van der Waals surface area contributed by atoms with Crippen molar-refractivity contribution < 1.29 is 9.21 Å². The summed E-state index contributed by atoms with van der Waals surface area (Å²) in [5.41, 5.74) is 6.44. The Kier molecular flexibility index (Phi) is 4.34. The molecule has 1 aliphatic heterocycles. The van der Waals surface area contributed by atoms with Crippen LogP contribution in [0.5, 0.6) is 0 Å². The van der Waals surface area contributed by atoms with Crippen molar-refractivity contribution in [1.82, 2.24) is 9.47 Å². The van der Waals surface area contributed by atoms with E-state index >= 15 is 0 Å². The molecule has 3 fully saturated rings. The number of aryl methyl sites for hydroxylation is 2. The Morgan fingerprint density at radius 2 is 1.88 bits per heavy atom. The molecule has 2 aliphatic carbocycles. The van der Waals surface area contributed by atoms with Crippen molar-refractivity contribution in [3.8, 4) is 11.5 Å². The topological polar surface area (TPSA) is 38.4 Å². The van der Waals surface area contributed by atoms with Gasteiger partial charge in [0.2, 0.25) is 0 Å². The van der Waals surface area contributed by atoms with Crippen LogP contribution in [-0.2, 0) is 6.54 Å². The van der Waals surface area contributed by atoms with Crippen molar-refractivity contribution in [3.05, 3.63) is 59.2 Å². The minimum absolute atomic E-state index is 0.162. The number of rotatable bonds is 4. The predicted octanol–water partition coefficient (Wildman–Crippen LogP) is 6.95. The van der Waals surface area contributed by atoms with Gasteiger partial charge in [-0.15, -0.1) is 0 Å². The van der Waals surface area contributed by atoms with Gasteiger partial charge in [-0.05, 0) is 87.1 Å². The average Bonchev–Trinajstić information content (AvgIpc) is 3.26. The largest absolute Gasteiger partial charge is 0.454 e. The van der Waals surface area contributed by atoms with Gasteiger partial charge in [0.05, 0.1) is 5.69 Å². The lowest BCUT2D eigenvalue weighted by Gasteiger charge is -2.27. The van der Waals surface area contributed by atoms with Crippen LogP contribution in [0, 0.1) is 31.6 Å². The van der Waals surface area contributed by atoms with Crippen LogP contribution in [0.15, 0.2) is 46.9 Å². The molecule has 4 aromatic rings. The molecule has 4 heteroatoms. The minimum Gasteiger partial charge on any atom is -0.454 e. The van der Waals surface area contributed by atoms with Crippen molar-refractivity contribution in [3.63, 3.8) is 0 Å². The standard InChI is InChI=1S/C30H32N2O2/c1-17-4-7-21-13-27(31(26(21)12-17)15-20-5-6-20)29-19(3)24-10-8-22(14-28(24)34-29)30(33)32-16-23-9-11-25(32)18(23)2/h4,7-8,10,12-14,18,20,23,25H,5-6,9,11,15-16H2,1-3H3. The van der Waals surface area contributed by atoms with Gasteiger partial charge in [0, 0.05) is 46.5 Å². The number of hydrogen-bond donors (Lipinski definition) is 0. The quantitative estimate of drug-likeness (QED) is 0.336. The van der Waals surface area contributed by atoms with Crippen LogP contribution in [0.2, 0.25) is 0 Å². The molecule has 1 amide bonds. The Morgan fingerprint density at radius 3 is 2.62 bits per heavy atom. The number of hydrogen-bond acceptors (Lipinski definition) is 2. The van der Waals surface area contributed by atoms with E-state index in [1.54, 1.807) is 0 Å². The van der Waals surface area contributed by atoms with E-state index in [0.717, 1.165) is 59.0 Å². The van der Waals surface area contributed by atoms with Crippen LogP contribution in [0.3, 0.4) is 0 Å². The zero-order valence-corrected chi connectivity index (χ0v) is 20.3. The first kappa shape index (κ1) is 20.4. The van der Waals surface area contributed by atoms with E-state index in [4.69, 9.17) is 4.42 Å². The van der Waals surface area contributed by atoms with Gasteiger partial charge in [-0.2, -0.15) is 0 Å². The van der Waals surface area contributed by atoms with Gasteiger partial charge >= 0.3 is 0 Å². The SMILES string of the molecule is Cc1ccc2cc(-c3oc4cc(C(=O)N5CC6CCC5C6C)ccc4c3C)n(CC3CC3)c2c1. The van der Waals surface area contributed by atoms with E-state index < -0.39 is 0 Å². The maximum atomic E-state index is 13.4. The fraction of sp³-hybridized carbons (Fsp3) is 0.433. The third kappa shape index (κ3) is 3.00. The maximum Gasteiger partial charge on any atom is 0.254 e. The number of nitrogens with zero attached hydrogens (tertiary/aromatic N) is 2. The summed E-state index contributed by atoms with van der Waals surface area (Å²) in [6, 6.07) is 15.4. The number of amides is 1. The highest BCUT2D eigenvalue weighted by Gasteiger charge is 2.46. The molecule has 7 rings (SSSR count). The average molecular weight is 453 g/mol. The molecule has 0 N–H and O–H groups in total. The monoisotopic (exact) mass is 452 g/mol. The fourth-order valence-corrected chi connectivity index (χ4v) is 6.62. The molecule has 34 heavy (non-hydrogen) atoms. The Labute approximate surface area is 200 Å². The van der Waals surface area contributed by atoms with E-state index in [2.05, 4.69) is 60.6 Å². The second-order valence-electron chi connectivity index (χ2n) is 11.1. The smallest absolute Gasteiger partial charge is 0.254 e. The van der Waals surface area contributed by atoms with Crippen LogP contribution in [0.1, 0.15) is 54.1 Å². The number of carbonyl (C=O) groups excluding carboxylic acids is 1. The van der Waals surface area contributed by atoms with Crippen LogP contribution in [-0.4, -0.2) is 28.0 Å². The summed E-state index contributed by atoms with van der Waals surface area (Å²) in [4.78, 5) is 15.5. The van der Waals surface area contributed by atoms with Crippen LogP contribution in [0.25, 0.3) is 33.3 Å². The lowest BCUT2D eigenvalue weighted by atomic mass is 10.0. The molecule has 3 unspecified atom stereocenters. The first-order valence-electron chi connectivity index (χ1n) is 12.9. The van der Waals surface area contributed by atoms with Crippen molar-refractivity contribution in [2.45, 2.75) is 59.0 Å². The molecule has 2 bridgehead atoms. The zero-order valence-electron chi connectivity index (χ0n) is 20.3. The first-order valence-corrected chi connectivity index (χ1v) is 12.9. The minimum atomic E-state index is 0.162. The highest BCUT2D eigenvalue weighted by Crippen LogP contribution is 2.44. The number of fused-ring (bicyclic) bond motifs is 4. The summed E-state index contributed by atoms with van der Waals surface area (Å²) in [6.07, 6.45) is 5.04. The third-order valence-electron chi connectivity index (χ3n) is 8.89. The Morgan fingerprint density at radius 1 is 1.03 bits per heavy atom. The maximum absolute atomic E-state index is 13.4. The number of benzene rings is 2. The number of aromatic nitrogens is 1. The lowest BCUT2D eigenvalue weighted by Crippen LogP contribution is -2.38. The van der Waals surface area contributed by atoms with Gasteiger partial charge in [-0.1, -0.05) is 25.1 Å². The summed E-state index contributed by atoms with van der Waals surface area (Å²) in [5, 5.41) is 2.36. The summed E-state index contributed by atoms with van der Waals surface area (Å²) in [5.74, 6) is 3.16. The van der Waals surface area contributed by atoms with Crippen molar-refractivity contribution in [1.29, 1.82) is 0 Å². The Bertz CT molecular complexity index is 1450. The second-order valence-corrected chi connectivity index (χ2v) is 11.1. The predicted molar refractivity (Wildman–Crippen MR) is 136 cm³/mol. The summed E-state index contributed by atoms with van der Waals surface area (Å²) < 4.78 is 8.99. The van der Waals surface area contributed by atoms with Crippen LogP contribution >= 0.6 is 0 Å². The van der Waals surface area contributed by atoms with Gasteiger partial charge < -0.3 is 13.9 Å². The Balaban J connectivity index is 1.30. The fourth-order valence-electron chi connectivity index (χ4n) is 6.62. The van der Waals surface area contributed by atoms with E-state index in [-0.39, 0.29) is 5.91 Å². The van der Waals surface area contributed by atoms with E-state index in [1.807, 2.05) is 12.1 Å². The molecule has 4 nitrogen and oxygen atoms in total. The summed E-state index contributed by atoms with van der Waals surface area (Å²) >= 11 is 0. The zero-order chi connectivity index (χ0) is 23.1. The van der Waals surface area contributed by atoms with Gasteiger partial charge in [-0.3, -0.25) is 4.79 Å². The lowest BCUT2D eigenvalue weighted by molar-refractivity contribution is 0.0696. The molecule has 3 aliphatic rings. The molecule has 2 aromatic heterocycles. The number of furan rings is 1. The number of piperidine rings is 1. The van der Waals surface area contributed by atoms with Crippen molar-refractivity contribution >= 4 is 27.8 Å². The number of carbonyl (C=O) groups is 1. The molecule has 3 atom stereocenters. The molecular weight excluding hydrogens is 420 g/mol. The van der Waals surface area contributed by atoms with Crippen LogP contribution in [0.4, 0.5) is 0 Å². The molecule has 2 aromatic carbocycles. The van der Waals surface area contributed by atoms with E-state index in [0.29, 0.717) is 17.9 Å². The highest BCUT2D eigenvalue weighted by molar-refractivity contribution is 6.00. The normalized spacial score (nSPS) is 24.1. The third-order valence-corrected chi connectivity index (χ3v) is 8.89. The van der Waals surface area contributed by atoms with Crippen molar-refractivity contribution in [2.75, 3.05) is 6.54 Å². The molecule has 174 valence electrons. The van der Waals surface area contributed by atoms with Gasteiger partial charge in [0.15, 0.2) is 5.76 Å². The second kappa shape index (κ2) is 7.24. The summed E-state index contributed by atoms with van der Waals surface area (Å²) in [6.45, 7) is 8.56. The molecular formula is C30H32N2O2. The molecule has 1 saturated heterocycles. The van der Waals surface area contributed by atoms with E-state index in [9.17, 15) is 4.79 Å². The Hall–Kier alpha value is -3.01. The van der Waals surface area contributed by atoms with Crippen LogP contribution < -0.4 is 0 Å². The molecule has 0 radical (unpaired) electrons. The van der Waals surface area contributed by atoms with Crippen molar-refractivity contribution in [2.24, 2.45) is 17.8 Å². The molecule has 3 heterocycles. The van der Waals surface area contributed by atoms with Gasteiger partial charge in [0.1, 0.15) is 5.58 Å². The van der Waals surface area contributed by atoms with E-state index in [1.165, 1.54) is 35.7 Å². The summed E-state index contributed by atoms with van der Waals surface area (Å²) in [7, 11) is 0. The van der Waals surface area contributed by atoms with Gasteiger partial charge in [0.25, 0.3) is 5.91 Å². The number of likely N-dealkylation sites (tertiary alicyclic amines) is 1.